The first-order valence-corrected chi connectivity index (χ1v) is 6.36. The lowest BCUT2D eigenvalue weighted by Crippen LogP contribution is -2.42. The molecule has 0 saturated carbocycles. The van der Waals surface area contributed by atoms with E-state index in [1.165, 1.54) is 12.1 Å². The predicted octanol–water partition coefficient (Wildman–Crippen LogP) is 2.84. The molecule has 1 unspecified atom stereocenters. The van der Waals surface area contributed by atoms with Crippen molar-refractivity contribution in [2.75, 3.05) is 13.1 Å². The summed E-state index contributed by atoms with van der Waals surface area (Å²) in [7, 11) is 0. The van der Waals surface area contributed by atoms with Crippen molar-refractivity contribution in [1.29, 1.82) is 0 Å². The lowest BCUT2D eigenvalue weighted by Gasteiger charge is -2.33. The number of halogens is 2. The van der Waals surface area contributed by atoms with E-state index in [9.17, 15) is 8.78 Å². The van der Waals surface area contributed by atoms with Crippen molar-refractivity contribution >= 4 is 0 Å². The van der Waals surface area contributed by atoms with Crippen LogP contribution in [-0.2, 0) is 0 Å². The SMILES string of the molecule is CC1(C)CCCN1CC(N)c1ccc(F)cc1F. The molecule has 0 amide bonds. The Morgan fingerprint density at radius 3 is 2.67 bits per heavy atom. The maximum Gasteiger partial charge on any atom is 0.130 e. The quantitative estimate of drug-likeness (QED) is 0.898. The summed E-state index contributed by atoms with van der Waals surface area (Å²) in [6, 6.07) is 3.18. The van der Waals surface area contributed by atoms with Gasteiger partial charge in [0, 0.05) is 29.8 Å². The van der Waals surface area contributed by atoms with Crippen LogP contribution in [0.2, 0.25) is 0 Å². The van der Waals surface area contributed by atoms with Gasteiger partial charge in [0.15, 0.2) is 0 Å². The third-order valence-electron chi connectivity index (χ3n) is 3.85. The van der Waals surface area contributed by atoms with E-state index in [1.54, 1.807) is 0 Å². The zero-order chi connectivity index (χ0) is 13.3. The van der Waals surface area contributed by atoms with Crippen LogP contribution in [0, 0.1) is 11.6 Å². The van der Waals surface area contributed by atoms with E-state index in [0.717, 1.165) is 25.5 Å². The van der Waals surface area contributed by atoms with Crippen LogP contribution in [0.15, 0.2) is 18.2 Å². The summed E-state index contributed by atoms with van der Waals surface area (Å²) in [5, 5.41) is 0. The van der Waals surface area contributed by atoms with Crippen LogP contribution in [0.1, 0.15) is 38.3 Å². The fourth-order valence-electron chi connectivity index (χ4n) is 2.64. The summed E-state index contributed by atoms with van der Waals surface area (Å²) in [6.07, 6.45) is 2.28. The van der Waals surface area contributed by atoms with Crippen molar-refractivity contribution in [2.45, 2.75) is 38.3 Å². The summed E-state index contributed by atoms with van der Waals surface area (Å²) >= 11 is 0. The minimum atomic E-state index is -0.565. The van der Waals surface area contributed by atoms with E-state index in [2.05, 4.69) is 18.7 Å². The first-order valence-electron chi connectivity index (χ1n) is 6.36. The van der Waals surface area contributed by atoms with E-state index in [0.29, 0.717) is 12.1 Å². The van der Waals surface area contributed by atoms with Crippen LogP contribution >= 0.6 is 0 Å². The molecule has 1 aromatic carbocycles. The van der Waals surface area contributed by atoms with Gasteiger partial charge in [-0.3, -0.25) is 4.90 Å². The Morgan fingerprint density at radius 1 is 1.39 bits per heavy atom. The molecule has 1 saturated heterocycles. The fourth-order valence-corrected chi connectivity index (χ4v) is 2.64. The maximum absolute atomic E-state index is 13.6. The molecule has 0 aromatic heterocycles. The van der Waals surface area contributed by atoms with Crippen molar-refractivity contribution < 1.29 is 8.78 Å². The molecule has 1 aliphatic heterocycles. The highest BCUT2D eigenvalue weighted by molar-refractivity contribution is 5.22. The van der Waals surface area contributed by atoms with Gasteiger partial charge < -0.3 is 5.73 Å². The third-order valence-corrected chi connectivity index (χ3v) is 3.85. The highest BCUT2D eigenvalue weighted by Crippen LogP contribution is 2.30. The molecule has 2 rings (SSSR count). The summed E-state index contributed by atoms with van der Waals surface area (Å²) < 4.78 is 26.5. The van der Waals surface area contributed by atoms with Gasteiger partial charge in [-0.1, -0.05) is 6.07 Å². The predicted molar refractivity (Wildman–Crippen MR) is 68.2 cm³/mol. The Kier molecular flexibility index (Phi) is 3.69. The smallest absolute Gasteiger partial charge is 0.130 e. The zero-order valence-corrected chi connectivity index (χ0v) is 10.9. The van der Waals surface area contributed by atoms with Crippen molar-refractivity contribution in [2.24, 2.45) is 5.73 Å². The van der Waals surface area contributed by atoms with Gasteiger partial charge in [0.25, 0.3) is 0 Å². The Bertz CT molecular complexity index is 432. The van der Waals surface area contributed by atoms with Gasteiger partial charge in [0.1, 0.15) is 11.6 Å². The van der Waals surface area contributed by atoms with Gasteiger partial charge >= 0.3 is 0 Å². The fraction of sp³-hybridized carbons (Fsp3) is 0.571. The molecule has 0 spiro atoms. The van der Waals surface area contributed by atoms with Gasteiger partial charge in [-0.15, -0.1) is 0 Å². The van der Waals surface area contributed by atoms with Gasteiger partial charge in [0.2, 0.25) is 0 Å². The monoisotopic (exact) mass is 254 g/mol. The number of rotatable bonds is 3. The first-order chi connectivity index (χ1) is 8.40. The number of nitrogens with two attached hydrogens (primary N) is 1. The van der Waals surface area contributed by atoms with Gasteiger partial charge in [0.05, 0.1) is 0 Å². The molecule has 4 heteroatoms. The molecule has 18 heavy (non-hydrogen) atoms. The lowest BCUT2D eigenvalue weighted by atomic mass is 10.0. The summed E-state index contributed by atoms with van der Waals surface area (Å²) in [6.45, 7) is 5.94. The third kappa shape index (κ3) is 2.70. The highest BCUT2D eigenvalue weighted by Gasteiger charge is 2.33. The highest BCUT2D eigenvalue weighted by atomic mass is 19.1. The van der Waals surface area contributed by atoms with Crippen molar-refractivity contribution in [3.8, 4) is 0 Å². The van der Waals surface area contributed by atoms with Gasteiger partial charge in [-0.05, 0) is 39.3 Å². The summed E-state index contributed by atoms with van der Waals surface area (Å²) in [5.74, 6) is -1.12. The van der Waals surface area contributed by atoms with Crippen molar-refractivity contribution in [3.05, 3.63) is 35.4 Å². The van der Waals surface area contributed by atoms with Crippen LogP contribution < -0.4 is 5.73 Å². The van der Waals surface area contributed by atoms with Gasteiger partial charge in [-0.2, -0.15) is 0 Å². The molecule has 100 valence electrons. The second-order valence-corrected chi connectivity index (χ2v) is 5.63. The zero-order valence-electron chi connectivity index (χ0n) is 10.9. The number of likely N-dealkylation sites (tertiary alicyclic amines) is 1. The van der Waals surface area contributed by atoms with Crippen LogP contribution in [0.4, 0.5) is 8.78 Å². The van der Waals surface area contributed by atoms with Crippen molar-refractivity contribution in [1.82, 2.24) is 4.90 Å². The van der Waals surface area contributed by atoms with Gasteiger partial charge in [-0.25, -0.2) is 8.78 Å². The average molecular weight is 254 g/mol. The normalized spacial score (nSPS) is 21.2. The minimum Gasteiger partial charge on any atom is -0.323 e. The molecular weight excluding hydrogens is 234 g/mol. The lowest BCUT2D eigenvalue weighted by molar-refractivity contribution is 0.164. The average Bonchev–Trinajstić information content (AvgIpc) is 2.58. The molecule has 2 nitrogen and oxygen atoms in total. The van der Waals surface area contributed by atoms with E-state index in [4.69, 9.17) is 5.73 Å². The molecule has 0 radical (unpaired) electrons. The molecule has 1 atom stereocenters. The van der Waals surface area contributed by atoms with Crippen molar-refractivity contribution in [3.63, 3.8) is 0 Å². The number of benzene rings is 1. The molecule has 0 aliphatic carbocycles. The second kappa shape index (κ2) is 4.94. The molecule has 1 fully saturated rings. The van der Waals surface area contributed by atoms with Crippen LogP contribution in [0.3, 0.4) is 0 Å². The minimum absolute atomic E-state index is 0.119. The number of hydrogen-bond acceptors (Lipinski definition) is 2. The Balaban J connectivity index is 2.10. The molecule has 1 heterocycles. The molecule has 1 aromatic rings. The molecule has 1 aliphatic rings. The Labute approximate surface area is 107 Å². The van der Waals surface area contributed by atoms with E-state index in [-0.39, 0.29) is 5.54 Å². The summed E-state index contributed by atoms with van der Waals surface area (Å²) in [4.78, 5) is 2.28. The Morgan fingerprint density at radius 2 is 2.11 bits per heavy atom. The van der Waals surface area contributed by atoms with E-state index < -0.39 is 17.7 Å². The standard InChI is InChI=1S/C14H20F2N2/c1-14(2)6-3-7-18(14)9-13(17)11-5-4-10(15)8-12(11)16/h4-5,8,13H,3,6-7,9,17H2,1-2H3. The van der Waals surface area contributed by atoms with Crippen LogP contribution in [-0.4, -0.2) is 23.5 Å². The molecule has 2 N–H and O–H groups in total. The number of hydrogen-bond donors (Lipinski definition) is 1. The molecular formula is C14H20F2N2. The van der Waals surface area contributed by atoms with E-state index in [1.807, 2.05) is 0 Å². The summed E-state index contributed by atoms with van der Waals surface area (Å²) in [5.41, 5.74) is 6.55. The van der Waals surface area contributed by atoms with Crippen LogP contribution in [0.5, 0.6) is 0 Å². The number of nitrogens with zero attached hydrogens (tertiary/aromatic N) is 1. The van der Waals surface area contributed by atoms with Crippen LogP contribution in [0.25, 0.3) is 0 Å². The maximum atomic E-state index is 13.6. The molecule has 0 bridgehead atoms. The topological polar surface area (TPSA) is 29.3 Å². The largest absolute Gasteiger partial charge is 0.323 e. The second-order valence-electron chi connectivity index (χ2n) is 5.63. The Hall–Kier alpha value is -1.00. The first kappa shape index (κ1) is 13.4. The van der Waals surface area contributed by atoms with E-state index >= 15 is 0 Å².